The van der Waals surface area contributed by atoms with E-state index in [1.807, 2.05) is 0 Å². The minimum atomic E-state index is -0.0828. The molecule has 0 N–H and O–H groups in total. The molecule has 0 bridgehead atoms. The van der Waals surface area contributed by atoms with Crippen molar-refractivity contribution in [3.63, 3.8) is 0 Å². The van der Waals surface area contributed by atoms with Gasteiger partial charge in [-0.15, -0.1) is 0 Å². The third-order valence-corrected chi connectivity index (χ3v) is 3.86. The fourth-order valence-electron chi connectivity index (χ4n) is 2.37. The molecular formula is C15H32NO+. The molecule has 0 saturated heterocycles. The lowest BCUT2D eigenvalue weighted by Crippen LogP contribution is -2.70. The molecular weight excluding hydrogens is 210 g/mol. The van der Waals surface area contributed by atoms with E-state index in [1.165, 1.54) is 0 Å². The highest BCUT2D eigenvalue weighted by molar-refractivity contribution is 5.70. The zero-order valence-electron chi connectivity index (χ0n) is 13.6. The van der Waals surface area contributed by atoms with Crippen LogP contribution >= 0.6 is 0 Å². The number of carbonyl (C=O) groups is 1. The van der Waals surface area contributed by atoms with E-state index < -0.39 is 0 Å². The summed E-state index contributed by atoms with van der Waals surface area (Å²) in [5, 5.41) is 0. The van der Waals surface area contributed by atoms with E-state index in [9.17, 15) is 4.79 Å². The average molecular weight is 242 g/mol. The van der Waals surface area contributed by atoms with Gasteiger partial charge in [0.2, 0.25) is 0 Å². The summed E-state index contributed by atoms with van der Waals surface area (Å²) >= 11 is 0. The van der Waals surface area contributed by atoms with Crippen molar-refractivity contribution < 1.29 is 9.28 Å². The number of nitrogens with zero attached hydrogens (tertiary/aromatic N) is 1. The van der Waals surface area contributed by atoms with Crippen molar-refractivity contribution in [3.05, 3.63) is 0 Å². The minimum absolute atomic E-state index is 0.0487. The van der Waals surface area contributed by atoms with Crippen LogP contribution < -0.4 is 0 Å². The summed E-state index contributed by atoms with van der Waals surface area (Å²) in [7, 11) is 2.08. The molecule has 102 valence electrons. The molecule has 0 saturated carbocycles. The van der Waals surface area contributed by atoms with Crippen molar-refractivity contribution >= 4 is 5.91 Å². The van der Waals surface area contributed by atoms with Gasteiger partial charge in [0.25, 0.3) is 0 Å². The molecule has 0 aromatic rings. The van der Waals surface area contributed by atoms with Gasteiger partial charge in [-0.3, -0.25) is 4.48 Å². The molecule has 0 aliphatic rings. The van der Waals surface area contributed by atoms with Crippen LogP contribution in [-0.4, -0.2) is 28.5 Å². The molecule has 0 radical (unpaired) electrons. The number of rotatable bonds is 1. The summed E-state index contributed by atoms with van der Waals surface area (Å²) in [6, 6.07) is 0. The smallest absolute Gasteiger partial charge is 0.255 e. The van der Waals surface area contributed by atoms with E-state index >= 15 is 0 Å². The Morgan fingerprint density at radius 1 is 0.824 bits per heavy atom. The Labute approximate surface area is 108 Å². The summed E-state index contributed by atoms with van der Waals surface area (Å²) in [6.07, 6.45) is 0.623. The van der Waals surface area contributed by atoms with E-state index in [0.717, 1.165) is 0 Å². The molecule has 0 aromatic heterocycles. The number of quaternary nitrogens is 1. The fourth-order valence-corrected chi connectivity index (χ4v) is 2.37. The fraction of sp³-hybridized carbons (Fsp3) is 0.933. The van der Waals surface area contributed by atoms with Gasteiger partial charge >= 0.3 is 5.91 Å². The second kappa shape index (κ2) is 4.38. The van der Waals surface area contributed by atoms with Crippen LogP contribution in [0.5, 0.6) is 0 Å². The Morgan fingerprint density at radius 2 is 1.12 bits per heavy atom. The highest BCUT2D eigenvalue weighted by Crippen LogP contribution is 2.36. The zero-order valence-corrected chi connectivity index (χ0v) is 13.6. The first-order valence-electron chi connectivity index (χ1n) is 6.53. The Bertz CT molecular complexity index is 270. The van der Waals surface area contributed by atoms with Crippen LogP contribution in [0.2, 0.25) is 0 Å². The van der Waals surface area contributed by atoms with Gasteiger partial charge in [-0.25, -0.2) is 4.79 Å². The van der Waals surface area contributed by atoms with Gasteiger partial charge in [-0.05, 0) is 47.0 Å². The van der Waals surface area contributed by atoms with Crippen LogP contribution in [-0.2, 0) is 4.79 Å². The van der Waals surface area contributed by atoms with Crippen LogP contribution in [0, 0.1) is 5.41 Å². The molecule has 0 fully saturated rings. The maximum atomic E-state index is 12.7. The predicted octanol–water partition coefficient (Wildman–Crippen LogP) is 3.99. The molecule has 0 aliphatic heterocycles. The van der Waals surface area contributed by atoms with Crippen molar-refractivity contribution in [3.8, 4) is 0 Å². The largest absolute Gasteiger partial charge is 0.314 e. The normalized spacial score (nSPS) is 14.9. The van der Waals surface area contributed by atoms with Crippen molar-refractivity contribution in [2.45, 2.75) is 79.8 Å². The number of amides is 1. The predicted molar refractivity (Wildman–Crippen MR) is 74.8 cm³/mol. The van der Waals surface area contributed by atoms with Crippen LogP contribution in [0.25, 0.3) is 0 Å². The lowest BCUT2D eigenvalue weighted by Gasteiger charge is -2.52. The maximum Gasteiger partial charge on any atom is 0.314 e. The molecule has 0 unspecified atom stereocenters. The summed E-state index contributed by atoms with van der Waals surface area (Å²) in [5.74, 6) is 0.331. The number of hydrogen-bond donors (Lipinski definition) is 0. The highest BCUT2D eigenvalue weighted by atomic mass is 16.2. The summed E-state index contributed by atoms with van der Waals surface area (Å²) < 4.78 is 0.470. The lowest BCUT2D eigenvalue weighted by molar-refractivity contribution is -0.926. The zero-order chi connectivity index (χ0) is 14.3. The first-order valence-corrected chi connectivity index (χ1v) is 6.53. The highest BCUT2D eigenvalue weighted by Gasteiger charge is 2.51. The van der Waals surface area contributed by atoms with Crippen LogP contribution in [0.3, 0.4) is 0 Å². The van der Waals surface area contributed by atoms with E-state index in [4.69, 9.17) is 0 Å². The van der Waals surface area contributed by atoms with E-state index in [0.29, 0.717) is 16.8 Å². The quantitative estimate of drug-likeness (QED) is 0.635. The van der Waals surface area contributed by atoms with Gasteiger partial charge in [0.05, 0.1) is 24.5 Å². The summed E-state index contributed by atoms with van der Waals surface area (Å²) in [4.78, 5) is 12.7. The molecule has 0 rings (SSSR count). The topological polar surface area (TPSA) is 17.1 Å². The first kappa shape index (κ1) is 16.6. The molecule has 0 aliphatic carbocycles. The molecule has 0 heterocycles. The SMILES string of the molecule is CC(C)(C)CC(=O)[N+](C)(C(C)(C)C)C(C)(C)C. The molecule has 0 atom stereocenters. The monoisotopic (exact) mass is 242 g/mol. The van der Waals surface area contributed by atoms with Gasteiger partial charge in [0, 0.05) is 0 Å². The van der Waals surface area contributed by atoms with E-state index in [-0.39, 0.29) is 16.5 Å². The Balaban J connectivity index is 5.46. The van der Waals surface area contributed by atoms with E-state index in [2.05, 4.69) is 69.4 Å². The van der Waals surface area contributed by atoms with Crippen molar-refractivity contribution in [1.82, 2.24) is 0 Å². The van der Waals surface area contributed by atoms with Crippen LogP contribution in [0.4, 0.5) is 0 Å². The third kappa shape index (κ3) is 3.54. The van der Waals surface area contributed by atoms with Crippen LogP contribution in [0.15, 0.2) is 0 Å². The van der Waals surface area contributed by atoms with Crippen LogP contribution in [0.1, 0.15) is 68.7 Å². The van der Waals surface area contributed by atoms with Crippen molar-refractivity contribution in [1.29, 1.82) is 0 Å². The molecule has 0 spiro atoms. The third-order valence-electron chi connectivity index (χ3n) is 3.86. The Morgan fingerprint density at radius 3 is 1.29 bits per heavy atom. The molecule has 2 heteroatoms. The second-order valence-corrected chi connectivity index (χ2v) is 8.48. The van der Waals surface area contributed by atoms with Gasteiger partial charge in [-0.2, -0.15) is 0 Å². The van der Waals surface area contributed by atoms with Gasteiger partial charge in [-0.1, -0.05) is 20.8 Å². The Kier molecular flexibility index (Phi) is 4.29. The number of hydrogen-bond acceptors (Lipinski definition) is 1. The van der Waals surface area contributed by atoms with Gasteiger partial charge in [0.1, 0.15) is 0 Å². The van der Waals surface area contributed by atoms with Crippen molar-refractivity contribution in [2.24, 2.45) is 5.41 Å². The standard InChI is InChI=1S/C15H32NO/c1-13(2,3)11-12(17)16(10,14(4,5)6)15(7,8)9/h11H2,1-10H3/q+1. The molecule has 2 nitrogen and oxygen atoms in total. The lowest BCUT2D eigenvalue weighted by atomic mass is 9.85. The second-order valence-electron chi connectivity index (χ2n) is 8.48. The summed E-state index contributed by atoms with van der Waals surface area (Å²) in [5.41, 5.74) is -0.117. The first-order chi connectivity index (χ1) is 7.13. The molecule has 17 heavy (non-hydrogen) atoms. The molecule has 0 aromatic carbocycles. The Hall–Kier alpha value is -0.370. The molecule has 1 amide bonds. The minimum Gasteiger partial charge on any atom is -0.255 e. The van der Waals surface area contributed by atoms with E-state index in [1.54, 1.807) is 0 Å². The average Bonchev–Trinajstić information content (AvgIpc) is 1.94. The summed E-state index contributed by atoms with van der Waals surface area (Å²) in [6.45, 7) is 19.3. The van der Waals surface area contributed by atoms with Crippen molar-refractivity contribution in [2.75, 3.05) is 7.05 Å². The number of carbonyl (C=O) groups excluding carboxylic acids is 1. The van der Waals surface area contributed by atoms with Gasteiger partial charge < -0.3 is 0 Å². The maximum absolute atomic E-state index is 12.7. The van der Waals surface area contributed by atoms with Gasteiger partial charge in [0.15, 0.2) is 0 Å².